The lowest BCUT2D eigenvalue weighted by Crippen LogP contribution is -2.70. The Morgan fingerprint density at radius 2 is 2.16 bits per heavy atom. The highest BCUT2D eigenvalue weighted by molar-refractivity contribution is 9.13. The molecule has 11 heteroatoms. The van der Waals surface area contributed by atoms with E-state index in [1.165, 1.54) is 21.9 Å². The minimum Gasteiger partial charge on any atom is -0.412 e. The third-order valence-electron chi connectivity index (χ3n) is 4.26. The molecule has 2 aliphatic heterocycles. The van der Waals surface area contributed by atoms with Gasteiger partial charge in [-0.05, 0) is 50.4 Å². The van der Waals surface area contributed by atoms with Crippen LogP contribution in [-0.2, 0) is 5.79 Å². The third kappa shape index (κ3) is 2.34. The maximum atomic E-state index is 13.1. The molecule has 0 spiro atoms. The first-order valence-electron chi connectivity index (χ1n) is 9.26. The predicted octanol–water partition coefficient (Wildman–Crippen LogP) is 0.631. The lowest BCUT2D eigenvalue weighted by Gasteiger charge is -2.50. The Kier molecular flexibility index (Phi) is 3.07. The summed E-state index contributed by atoms with van der Waals surface area (Å²) >= 11 is 6.80. The number of aliphatic hydroxyl groups is 2. The summed E-state index contributed by atoms with van der Waals surface area (Å²) in [5, 5.41) is 10.7. The number of carbonyl (C=O) groups excluding carboxylic acids is 1. The predicted molar refractivity (Wildman–Crippen MR) is 94.5 cm³/mol. The molecule has 4 rings (SSSR count). The molecule has 1 amide bonds. The topological polar surface area (TPSA) is 135 Å². The minimum atomic E-state index is -1.98. The van der Waals surface area contributed by atoms with Gasteiger partial charge >= 0.3 is 0 Å². The van der Waals surface area contributed by atoms with Crippen molar-refractivity contribution in [1.29, 1.82) is 5.72 Å². The number of fused-ring (bicyclic) bond motifs is 3. The van der Waals surface area contributed by atoms with Gasteiger partial charge in [-0.1, -0.05) is 0 Å². The number of piperidine rings is 1. The van der Waals surface area contributed by atoms with E-state index in [1.54, 1.807) is 12.1 Å². The molecular weight excluding hydrogens is 462 g/mol. The van der Waals surface area contributed by atoms with Crippen LogP contribution in [0.25, 0.3) is 0 Å². The minimum absolute atomic E-state index is 0.0414. The fourth-order valence-electron chi connectivity index (χ4n) is 3.27. The van der Waals surface area contributed by atoms with Crippen molar-refractivity contribution in [2.24, 2.45) is 0 Å². The van der Waals surface area contributed by atoms with Crippen LogP contribution < -0.4 is 5.31 Å². The largest absolute Gasteiger partial charge is 0.412 e. The molecule has 0 saturated carbocycles. The fourth-order valence-corrected chi connectivity index (χ4v) is 4.22. The normalized spacial score (nSPS) is 26.1. The van der Waals surface area contributed by atoms with E-state index >= 15 is 0 Å². The van der Waals surface area contributed by atoms with Crippen LogP contribution in [0.15, 0.2) is 33.6 Å². The number of nitrogens with one attached hydrogen (secondary N) is 1. The van der Waals surface area contributed by atoms with Crippen LogP contribution in [-0.4, -0.2) is 59.1 Å². The van der Waals surface area contributed by atoms with Gasteiger partial charge in [0, 0.05) is 25.4 Å². The van der Waals surface area contributed by atoms with Gasteiger partial charge in [0.25, 0.3) is 11.7 Å². The molecule has 1 fully saturated rings. The van der Waals surface area contributed by atoms with Crippen LogP contribution in [0.3, 0.4) is 0 Å². The van der Waals surface area contributed by atoms with Crippen molar-refractivity contribution >= 4 is 43.7 Å². The molecule has 0 aliphatic carbocycles. The lowest BCUT2D eigenvalue weighted by atomic mass is 9.95. The smallest absolute Gasteiger partial charge is 0.274 e. The number of anilines is 1. The number of rotatable bonds is 4. The number of carbonyl (C=O) groups is 1. The Balaban J connectivity index is 0.000000806. The number of halogens is 2. The summed E-state index contributed by atoms with van der Waals surface area (Å²) in [5.41, 5.74) is 3.00. The molecule has 2 aromatic rings. The van der Waals surface area contributed by atoms with Gasteiger partial charge in [-0.2, -0.15) is 0 Å². The number of hydrogen-bond donors (Lipinski definition) is 3. The van der Waals surface area contributed by atoms with E-state index in [2.05, 4.69) is 47.3 Å². The molecule has 2 aromatic heterocycles. The molecule has 2 aliphatic rings. The van der Waals surface area contributed by atoms with Crippen LogP contribution in [0.5, 0.6) is 0 Å². The molecule has 4 heterocycles. The Hall–Kier alpha value is -1.53. The maximum absolute atomic E-state index is 13.1. The van der Waals surface area contributed by atoms with Gasteiger partial charge in [-0.25, -0.2) is 9.97 Å². The SMILES string of the molecule is [2H]OC1(O[2H])CCCN2C(=O)c3cc(Br)c(Br)n3[C@@]21N([2H])c1ncccn1.[2H]O[2H]. The summed E-state index contributed by atoms with van der Waals surface area (Å²) in [5.74, 6) is -4.24. The average Bonchev–Trinajstić information content (AvgIpc) is 3.20. The Morgan fingerprint density at radius 1 is 1.44 bits per heavy atom. The number of amides is 1. The standard InChI is InChI=1S/C14H13Br2N5O3.H2O/c15-8-7-9-11(22)20-6-1-3-13(23,24)14(20,21(9)10(8)16)19-12-17-4-2-5-18-12;/h2,4-5,7,23-24H,1,3,6H2,(H,17,18,19);1H2/t14-;/m0./s1/i23D,24D;/hD3. The second kappa shape index (κ2) is 6.02. The number of aromatic nitrogens is 3. The summed E-state index contributed by atoms with van der Waals surface area (Å²) in [6.07, 6.45) is 3.44. The zero-order valence-corrected chi connectivity index (χ0v) is 15.7. The highest BCUT2D eigenvalue weighted by Gasteiger charge is 2.65. The van der Waals surface area contributed by atoms with Crippen LogP contribution in [0.4, 0.5) is 5.95 Å². The first-order valence-corrected chi connectivity index (χ1v) is 8.77. The van der Waals surface area contributed by atoms with Crippen molar-refractivity contribution in [2.45, 2.75) is 24.4 Å². The summed E-state index contributed by atoms with van der Waals surface area (Å²) in [6, 6.07) is 3.20. The van der Waals surface area contributed by atoms with Crippen molar-refractivity contribution in [1.82, 2.24) is 19.4 Å². The van der Waals surface area contributed by atoms with Crippen molar-refractivity contribution in [3.8, 4) is 0 Å². The van der Waals surface area contributed by atoms with E-state index < -0.39 is 11.6 Å². The fraction of sp³-hybridized carbons (Fsp3) is 0.357. The van der Waals surface area contributed by atoms with Crippen molar-refractivity contribution in [3.63, 3.8) is 0 Å². The van der Waals surface area contributed by atoms with Crippen LogP contribution >= 0.6 is 31.9 Å². The molecule has 0 aromatic carbocycles. The van der Waals surface area contributed by atoms with E-state index in [1.807, 2.05) is 0 Å². The molecule has 1 saturated heterocycles. The summed E-state index contributed by atoms with van der Waals surface area (Å²) in [7, 11) is 0. The Labute approximate surface area is 166 Å². The van der Waals surface area contributed by atoms with E-state index in [-0.39, 0.29) is 30.5 Å². The highest BCUT2D eigenvalue weighted by Crippen LogP contribution is 2.49. The quantitative estimate of drug-likeness (QED) is 0.548. The average molecular weight is 482 g/mol. The first-order chi connectivity index (χ1) is 14.4. The van der Waals surface area contributed by atoms with E-state index in [0.717, 1.165) is 5.31 Å². The molecule has 9 nitrogen and oxygen atoms in total. The molecule has 1 atom stereocenters. The Bertz CT molecular complexity index is 922. The number of hydrogen-bond acceptors (Lipinski definition) is 6. The van der Waals surface area contributed by atoms with Gasteiger partial charge in [0.2, 0.25) is 17.5 Å². The van der Waals surface area contributed by atoms with Crippen molar-refractivity contribution in [3.05, 3.63) is 39.3 Å². The second-order valence-electron chi connectivity index (χ2n) is 5.61. The molecule has 0 radical (unpaired) electrons. The highest BCUT2D eigenvalue weighted by atomic mass is 79.9. The Morgan fingerprint density at radius 3 is 2.84 bits per heavy atom. The zero-order chi connectivity index (χ0) is 22.1. The summed E-state index contributed by atoms with van der Waals surface area (Å²) in [4.78, 5) is 22.7. The molecule has 25 heavy (non-hydrogen) atoms. The van der Waals surface area contributed by atoms with Crippen molar-refractivity contribution in [2.75, 3.05) is 11.9 Å². The molecule has 5 N–H and O–H groups in total. The molecular formula is C14H15Br2N5O4. The maximum Gasteiger partial charge on any atom is 0.274 e. The van der Waals surface area contributed by atoms with E-state index in [9.17, 15) is 4.79 Å². The molecule has 134 valence electrons. The van der Waals surface area contributed by atoms with E-state index in [4.69, 9.17) is 17.4 Å². The third-order valence-corrected chi connectivity index (χ3v) is 6.18. The van der Waals surface area contributed by atoms with Crippen LogP contribution in [0, 0.1) is 0 Å². The van der Waals surface area contributed by atoms with Gasteiger partial charge in [0.05, 0.1) is 4.47 Å². The first kappa shape index (κ1) is 12.8. The van der Waals surface area contributed by atoms with Crippen molar-refractivity contribution < 1.29 is 21.9 Å². The summed E-state index contributed by atoms with van der Waals surface area (Å²) in [6.45, 7) is 0.279. The van der Waals surface area contributed by atoms with Gasteiger partial charge in [0.15, 0.2) is 1.41 Å². The zero-order valence-electron chi connectivity index (χ0n) is 17.6. The van der Waals surface area contributed by atoms with Gasteiger partial charge in [-0.3, -0.25) is 14.3 Å². The molecule has 0 unspecified atom stereocenters. The van der Waals surface area contributed by atoms with Crippen LogP contribution in [0.2, 0.25) is 1.41 Å². The van der Waals surface area contributed by atoms with Gasteiger partial charge in [0.1, 0.15) is 10.3 Å². The number of nitrogens with zero attached hydrogens (tertiary/aromatic N) is 4. The monoisotopic (exact) mass is 480 g/mol. The van der Waals surface area contributed by atoms with Gasteiger partial charge in [-0.15, -0.1) is 0 Å². The second-order valence-corrected chi connectivity index (χ2v) is 7.22. The van der Waals surface area contributed by atoms with E-state index in [0.29, 0.717) is 15.5 Å². The van der Waals surface area contributed by atoms with Gasteiger partial charge < -0.3 is 21.0 Å². The summed E-state index contributed by atoms with van der Waals surface area (Å²) < 4.78 is 37.5. The lowest BCUT2D eigenvalue weighted by molar-refractivity contribution is -0.276. The molecule has 0 bridgehead atoms. The van der Waals surface area contributed by atoms with Crippen LogP contribution in [0.1, 0.15) is 23.3 Å².